The molecule has 0 aromatic carbocycles. The number of hydrogen-bond donors (Lipinski definition) is 0. The summed E-state index contributed by atoms with van der Waals surface area (Å²) in [6, 6.07) is 0. The second-order valence-electron chi connectivity index (χ2n) is 1.02. The first-order valence-corrected chi connectivity index (χ1v) is 4.88. The molecule has 0 spiro atoms. The zero-order valence-electron chi connectivity index (χ0n) is 3.42. The fourth-order valence-corrected chi connectivity index (χ4v) is 1.84. The molecule has 1 aliphatic heterocycles. The largest absolute Gasteiger partial charge is 0.423 e. The molecule has 1 rings (SSSR count). The van der Waals surface area contributed by atoms with Crippen molar-refractivity contribution in [2.75, 3.05) is 0 Å². The third kappa shape index (κ3) is 1.64. The molecule has 0 N–H and O–H groups in total. The Morgan fingerprint density at radius 1 is 1.50 bits per heavy atom. The van der Waals surface area contributed by atoms with Crippen LogP contribution in [0.5, 0.6) is 0 Å². The van der Waals surface area contributed by atoms with E-state index in [4.69, 9.17) is 8.23 Å². The van der Waals surface area contributed by atoms with E-state index in [9.17, 15) is 0 Å². The summed E-state index contributed by atoms with van der Waals surface area (Å²) < 4.78 is 9.97. The van der Waals surface area contributed by atoms with Crippen LogP contribution in [0.25, 0.3) is 0 Å². The van der Waals surface area contributed by atoms with Gasteiger partial charge in [-0.2, -0.15) is 0 Å². The van der Waals surface area contributed by atoms with Gasteiger partial charge in [-0.1, -0.05) is 0 Å². The second kappa shape index (κ2) is 3.08. The Labute approximate surface area is 54.8 Å². The molecule has 0 unspecified atom stereocenters. The third-order valence-electron chi connectivity index (χ3n) is 0.605. The van der Waals surface area contributed by atoms with Gasteiger partial charge in [-0.25, -0.2) is 0 Å². The summed E-state index contributed by atoms with van der Waals surface area (Å²) in [5.74, 6) is 0. The van der Waals surface area contributed by atoms with E-state index in [2.05, 4.69) is 0 Å². The zero-order valence-corrected chi connectivity index (χ0v) is 7.54. The Balaban J connectivity index is 0.000000250. The van der Waals surface area contributed by atoms with Crippen molar-refractivity contribution in [3.63, 3.8) is 0 Å². The molecule has 0 aromatic heterocycles. The average molecular weight is 213 g/mol. The van der Waals surface area contributed by atoms with Crippen LogP contribution in [0.15, 0.2) is 0 Å². The Morgan fingerprint density at radius 3 is 1.83 bits per heavy atom. The van der Waals surface area contributed by atoms with Crippen LogP contribution in [0.2, 0.25) is 6.55 Å². The quantitative estimate of drug-likeness (QED) is 0.474. The maximum absolute atomic E-state index is 4.99. The molecule has 0 aromatic rings. The summed E-state index contributed by atoms with van der Waals surface area (Å²) in [4.78, 5) is 0. The Kier molecular flexibility index (Phi) is 3.60. The van der Waals surface area contributed by atoms with Crippen molar-refractivity contribution in [3.05, 3.63) is 0 Å². The predicted octanol–water partition coefficient (Wildman–Crippen LogP) is -1.12. The first kappa shape index (κ1) is 7.02. The molecular formula is CH6O2PdSi2. The molecule has 0 aliphatic carbocycles. The van der Waals surface area contributed by atoms with Crippen molar-refractivity contribution in [1.29, 1.82) is 0 Å². The molecule has 40 valence electrons. The summed E-state index contributed by atoms with van der Waals surface area (Å²) >= 11 is 0. The van der Waals surface area contributed by atoms with Gasteiger partial charge < -0.3 is 8.23 Å². The molecule has 0 bridgehead atoms. The predicted molar refractivity (Wildman–Crippen MR) is 23.7 cm³/mol. The maximum atomic E-state index is 4.99. The first-order chi connectivity index (χ1) is 2.39. The first-order valence-electron chi connectivity index (χ1n) is 1.63. The number of hydrogen-bond acceptors (Lipinski definition) is 2. The Bertz CT molecular complexity index is 38.5. The van der Waals surface area contributed by atoms with Crippen LogP contribution < -0.4 is 0 Å². The van der Waals surface area contributed by atoms with Crippen molar-refractivity contribution in [3.8, 4) is 0 Å². The van der Waals surface area contributed by atoms with E-state index in [0.717, 1.165) is 0 Å². The van der Waals surface area contributed by atoms with Gasteiger partial charge in [0.2, 0.25) is 0 Å². The second-order valence-corrected chi connectivity index (χ2v) is 5.06. The SMILES string of the molecule is C[SiH]1O[SiH2]O1.[Pd]. The summed E-state index contributed by atoms with van der Waals surface area (Å²) in [5.41, 5.74) is 0. The summed E-state index contributed by atoms with van der Waals surface area (Å²) in [6.45, 7) is 2.04. The molecule has 0 atom stereocenters. The fraction of sp³-hybridized carbons (Fsp3) is 1.00. The summed E-state index contributed by atoms with van der Waals surface area (Å²) in [6.07, 6.45) is 0. The van der Waals surface area contributed by atoms with Crippen LogP contribution in [0, 0.1) is 0 Å². The van der Waals surface area contributed by atoms with E-state index in [-0.39, 0.29) is 30.4 Å². The molecule has 1 aliphatic rings. The van der Waals surface area contributed by atoms with Gasteiger partial charge in [-0.05, 0) is 6.55 Å². The van der Waals surface area contributed by atoms with Gasteiger partial charge in [-0.3, -0.25) is 0 Å². The molecule has 1 fully saturated rings. The zero-order chi connectivity index (χ0) is 3.70. The van der Waals surface area contributed by atoms with Crippen LogP contribution >= 0.6 is 0 Å². The van der Waals surface area contributed by atoms with Crippen LogP contribution in [0.4, 0.5) is 0 Å². The van der Waals surface area contributed by atoms with Crippen LogP contribution in [-0.4, -0.2) is 19.3 Å². The van der Waals surface area contributed by atoms with Crippen molar-refractivity contribution >= 4 is 19.3 Å². The van der Waals surface area contributed by atoms with Gasteiger partial charge in [0.25, 0.3) is 19.3 Å². The van der Waals surface area contributed by atoms with E-state index in [1.165, 1.54) is 0 Å². The van der Waals surface area contributed by atoms with Crippen LogP contribution in [0.1, 0.15) is 0 Å². The van der Waals surface area contributed by atoms with E-state index < -0.39 is 9.28 Å². The number of rotatable bonds is 0. The van der Waals surface area contributed by atoms with Gasteiger partial charge in [0.15, 0.2) is 0 Å². The fourth-order valence-electron chi connectivity index (χ4n) is 0.204. The third-order valence-corrected chi connectivity index (χ3v) is 5.45. The topological polar surface area (TPSA) is 18.5 Å². The molecule has 0 amide bonds. The van der Waals surface area contributed by atoms with Crippen LogP contribution in [0.3, 0.4) is 0 Å². The van der Waals surface area contributed by atoms with Crippen LogP contribution in [-0.2, 0) is 28.7 Å². The minimum atomic E-state index is -0.907. The molecular weight excluding hydrogens is 207 g/mol. The molecule has 5 heteroatoms. The maximum Gasteiger partial charge on any atom is 0.299 e. The summed E-state index contributed by atoms with van der Waals surface area (Å²) in [5, 5.41) is 0. The Morgan fingerprint density at radius 2 is 1.83 bits per heavy atom. The minimum absolute atomic E-state index is 0. The van der Waals surface area contributed by atoms with Gasteiger partial charge in [0, 0.05) is 20.4 Å². The molecule has 2 nitrogen and oxygen atoms in total. The van der Waals surface area contributed by atoms with E-state index in [1.54, 1.807) is 0 Å². The Hall–Kier alpha value is 1.02. The van der Waals surface area contributed by atoms with Crippen molar-refractivity contribution in [1.82, 2.24) is 0 Å². The van der Waals surface area contributed by atoms with E-state index >= 15 is 0 Å². The summed E-state index contributed by atoms with van der Waals surface area (Å²) in [7, 11) is -1.29. The standard InChI is InChI=1S/CH6O2Si2.Pd/c1-5-2-4-3-5;/h5H,4H2,1H3;. The molecule has 0 radical (unpaired) electrons. The monoisotopic (exact) mass is 212 g/mol. The smallest absolute Gasteiger partial charge is 0.299 e. The van der Waals surface area contributed by atoms with Gasteiger partial charge >= 0.3 is 0 Å². The van der Waals surface area contributed by atoms with E-state index in [0.29, 0.717) is 0 Å². The minimum Gasteiger partial charge on any atom is -0.423 e. The molecule has 0 saturated carbocycles. The van der Waals surface area contributed by atoms with E-state index in [1.807, 2.05) is 6.55 Å². The van der Waals surface area contributed by atoms with Gasteiger partial charge in [-0.15, -0.1) is 0 Å². The van der Waals surface area contributed by atoms with Gasteiger partial charge in [0.1, 0.15) is 0 Å². The normalized spacial score (nSPS) is 34.5. The molecule has 1 heterocycles. The molecule has 6 heavy (non-hydrogen) atoms. The molecule has 1 saturated heterocycles. The van der Waals surface area contributed by atoms with Crippen molar-refractivity contribution in [2.45, 2.75) is 6.55 Å². The van der Waals surface area contributed by atoms with Crippen molar-refractivity contribution < 1.29 is 28.7 Å². The average Bonchev–Trinajstić information content (AvgIpc) is 1.30. The van der Waals surface area contributed by atoms with Crippen molar-refractivity contribution in [2.24, 2.45) is 0 Å². The van der Waals surface area contributed by atoms with Gasteiger partial charge in [0.05, 0.1) is 0 Å².